The molecule has 0 heterocycles. The SMILES string of the molecule is CC(=O)c1cc(Br)cc([N+](=O)[O-])c1OCOCC1CC1. The lowest BCUT2D eigenvalue weighted by molar-refractivity contribution is -0.386. The monoisotopic (exact) mass is 343 g/mol. The minimum Gasteiger partial charge on any atom is -0.460 e. The van der Waals surface area contributed by atoms with Gasteiger partial charge in [-0.25, -0.2) is 0 Å². The first kappa shape index (κ1) is 14.9. The van der Waals surface area contributed by atoms with Crippen molar-refractivity contribution < 1.29 is 19.2 Å². The fourth-order valence-electron chi connectivity index (χ4n) is 1.73. The molecule has 20 heavy (non-hydrogen) atoms. The van der Waals surface area contributed by atoms with Gasteiger partial charge in [-0.3, -0.25) is 14.9 Å². The van der Waals surface area contributed by atoms with Gasteiger partial charge in [0.15, 0.2) is 12.6 Å². The van der Waals surface area contributed by atoms with Crippen molar-refractivity contribution in [1.29, 1.82) is 0 Å². The Morgan fingerprint density at radius 1 is 1.50 bits per heavy atom. The standard InChI is InChI=1S/C13H14BrNO5/c1-8(16)11-4-10(14)5-12(15(17)18)13(11)20-7-19-6-9-2-3-9/h4-5,9H,2-3,6-7H2,1H3. The maximum atomic E-state index is 11.6. The second-order valence-corrected chi connectivity index (χ2v) is 5.61. The molecule has 1 aliphatic carbocycles. The molecule has 0 unspecified atom stereocenters. The Morgan fingerprint density at radius 2 is 2.20 bits per heavy atom. The third kappa shape index (κ3) is 3.77. The number of nitro benzene ring substituents is 1. The van der Waals surface area contributed by atoms with E-state index in [9.17, 15) is 14.9 Å². The third-order valence-electron chi connectivity index (χ3n) is 2.95. The summed E-state index contributed by atoms with van der Waals surface area (Å²) in [6.45, 7) is 1.82. The highest BCUT2D eigenvalue weighted by atomic mass is 79.9. The number of nitro groups is 1. The normalized spacial score (nSPS) is 14.1. The van der Waals surface area contributed by atoms with Crippen LogP contribution in [0.4, 0.5) is 5.69 Å². The van der Waals surface area contributed by atoms with Crippen LogP contribution in [0.3, 0.4) is 0 Å². The number of halogens is 1. The van der Waals surface area contributed by atoms with Gasteiger partial charge >= 0.3 is 5.69 Å². The Bertz CT molecular complexity index is 507. The molecule has 0 atom stereocenters. The molecule has 0 amide bonds. The average molecular weight is 344 g/mol. The summed E-state index contributed by atoms with van der Waals surface area (Å²) in [6, 6.07) is 2.81. The molecule has 1 fully saturated rings. The van der Waals surface area contributed by atoms with Crippen LogP contribution in [0, 0.1) is 16.0 Å². The van der Waals surface area contributed by atoms with Crippen molar-refractivity contribution in [2.24, 2.45) is 5.92 Å². The summed E-state index contributed by atoms with van der Waals surface area (Å²) in [5.41, 5.74) is -0.0827. The molecule has 6 nitrogen and oxygen atoms in total. The van der Waals surface area contributed by atoms with Crippen LogP contribution in [0.2, 0.25) is 0 Å². The minimum atomic E-state index is -0.576. The van der Waals surface area contributed by atoms with E-state index in [4.69, 9.17) is 9.47 Å². The number of ketones is 1. The van der Waals surface area contributed by atoms with Crippen molar-refractivity contribution in [3.63, 3.8) is 0 Å². The number of Topliss-reactive ketones (excluding diaryl/α,β-unsaturated/α-hetero) is 1. The van der Waals surface area contributed by atoms with Crippen LogP contribution in [0.25, 0.3) is 0 Å². The molecular weight excluding hydrogens is 330 g/mol. The quantitative estimate of drug-likeness (QED) is 0.249. The van der Waals surface area contributed by atoms with Crippen molar-refractivity contribution in [3.8, 4) is 5.75 Å². The first-order valence-electron chi connectivity index (χ1n) is 6.18. The summed E-state index contributed by atoms with van der Waals surface area (Å²) >= 11 is 3.15. The number of hydrogen-bond donors (Lipinski definition) is 0. The number of ether oxygens (including phenoxy) is 2. The Kier molecular flexibility index (Phi) is 4.72. The zero-order valence-electron chi connectivity index (χ0n) is 10.9. The van der Waals surface area contributed by atoms with Gasteiger partial charge in [-0.2, -0.15) is 0 Å². The topological polar surface area (TPSA) is 78.7 Å². The second-order valence-electron chi connectivity index (χ2n) is 4.69. The van der Waals surface area contributed by atoms with Crippen LogP contribution in [0.15, 0.2) is 16.6 Å². The highest BCUT2D eigenvalue weighted by molar-refractivity contribution is 9.10. The molecule has 1 aromatic rings. The van der Waals surface area contributed by atoms with Crippen molar-refractivity contribution in [1.82, 2.24) is 0 Å². The Morgan fingerprint density at radius 3 is 2.75 bits per heavy atom. The molecule has 0 bridgehead atoms. The Hall–Kier alpha value is -1.47. The van der Waals surface area contributed by atoms with Crippen molar-refractivity contribution in [3.05, 3.63) is 32.3 Å². The number of benzene rings is 1. The summed E-state index contributed by atoms with van der Waals surface area (Å²) in [6.07, 6.45) is 2.30. The first-order chi connectivity index (χ1) is 9.49. The number of nitrogens with zero attached hydrogens (tertiary/aromatic N) is 1. The fraction of sp³-hybridized carbons (Fsp3) is 0.462. The predicted molar refractivity (Wildman–Crippen MR) is 75.0 cm³/mol. The van der Waals surface area contributed by atoms with Gasteiger partial charge in [0.1, 0.15) is 0 Å². The van der Waals surface area contributed by atoms with Gasteiger partial charge in [0.2, 0.25) is 5.75 Å². The molecule has 7 heteroatoms. The van der Waals surface area contributed by atoms with E-state index in [1.165, 1.54) is 19.1 Å². The van der Waals surface area contributed by atoms with Gasteiger partial charge < -0.3 is 9.47 Å². The molecule has 108 valence electrons. The van der Waals surface area contributed by atoms with Crippen LogP contribution < -0.4 is 4.74 Å². The molecule has 2 rings (SSSR count). The van der Waals surface area contributed by atoms with E-state index in [0.29, 0.717) is 17.0 Å². The largest absolute Gasteiger partial charge is 0.460 e. The van der Waals surface area contributed by atoms with Gasteiger partial charge in [-0.15, -0.1) is 0 Å². The zero-order valence-corrected chi connectivity index (χ0v) is 12.5. The lowest BCUT2D eigenvalue weighted by Crippen LogP contribution is -2.09. The predicted octanol–water partition coefficient (Wildman–Crippen LogP) is 3.32. The van der Waals surface area contributed by atoms with Gasteiger partial charge in [-0.05, 0) is 31.7 Å². The number of hydrogen-bond acceptors (Lipinski definition) is 5. The summed E-state index contributed by atoms with van der Waals surface area (Å²) in [5.74, 6) is 0.235. The van der Waals surface area contributed by atoms with Crippen LogP contribution in [-0.4, -0.2) is 24.1 Å². The van der Waals surface area contributed by atoms with Gasteiger partial charge in [0.05, 0.1) is 17.1 Å². The summed E-state index contributed by atoms with van der Waals surface area (Å²) in [7, 11) is 0. The summed E-state index contributed by atoms with van der Waals surface area (Å²) < 4.78 is 11.1. The lowest BCUT2D eigenvalue weighted by Gasteiger charge is -2.11. The average Bonchev–Trinajstić information content (AvgIpc) is 3.18. The van der Waals surface area contributed by atoms with Crippen LogP contribution in [0.1, 0.15) is 30.1 Å². The van der Waals surface area contributed by atoms with E-state index in [1.54, 1.807) is 0 Å². The zero-order chi connectivity index (χ0) is 14.7. The molecule has 1 aromatic carbocycles. The maximum absolute atomic E-state index is 11.6. The van der Waals surface area contributed by atoms with E-state index >= 15 is 0 Å². The highest BCUT2D eigenvalue weighted by Crippen LogP contribution is 2.35. The van der Waals surface area contributed by atoms with Gasteiger partial charge in [-0.1, -0.05) is 15.9 Å². The number of rotatable bonds is 7. The molecule has 0 radical (unpaired) electrons. The molecule has 0 spiro atoms. The van der Waals surface area contributed by atoms with Crippen LogP contribution in [0.5, 0.6) is 5.75 Å². The van der Waals surface area contributed by atoms with Crippen LogP contribution >= 0.6 is 15.9 Å². The van der Waals surface area contributed by atoms with E-state index in [1.807, 2.05) is 0 Å². The van der Waals surface area contributed by atoms with E-state index in [0.717, 1.165) is 12.8 Å². The molecule has 1 saturated carbocycles. The summed E-state index contributed by atoms with van der Waals surface area (Å²) in [4.78, 5) is 22.1. The lowest BCUT2D eigenvalue weighted by atomic mass is 10.1. The third-order valence-corrected chi connectivity index (χ3v) is 3.40. The van der Waals surface area contributed by atoms with Gasteiger partial charge in [0, 0.05) is 10.5 Å². The highest BCUT2D eigenvalue weighted by Gasteiger charge is 2.24. The Labute approximate surface area is 124 Å². The molecule has 1 aliphatic rings. The van der Waals surface area contributed by atoms with E-state index < -0.39 is 4.92 Å². The number of carbonyl (C=O) groups is 1. The summed E-state index contributed by atoms with van der Waals surface area (Å²) in [5, 5.41) is 11.1. The fourth-order valence-corrected chi connectivity index (χ4v) is 2.17. The van der Waals surface area contributed by atoms with Crippen LogP contribution in [-0.2, 0) is 4.74 Å². The Balaban J connectivity index is 2.17. The number of carbonyl (C=O) groups excluding carboxylic acids is 1. The van der Waals surface area contributed by atoms with E-state index in [-0.39, 0.29) is 29.6 Å². The minimum absolute atomic E-state index is 0.0403. The van der Waals surface area contributed by atoms with Crippen molar-refractivity contribution >= 4 is 27.4 Å². The van der Waals surface area contributed by atoms with E-state index in [2.05, 4.69) is 15.9 Å². The molecule has 0 aliphatic heterocycles. The first-order valence-corrected chi connectivity index (χ1v) is 6.97. The van der Waals surface area contributed by atoms with Gasteiger partial charge in [0.25, 0.3) is 0 Å². The second kappa shape index (κ2) is 6.32. The van der Waals surface area contributed by atoms with Crippen molar-refractivity contribution in [2.45, 2.75) is 19.8 Å². The molecular formula is C13H14BrNO5. The molecule has 0 saturated heterocycles. The van der Waals surface area contributed by atoms with Crippen molar-refractivity contribution in [2.75, 3.05) is 13.4 Å². The maximum Gasteiger partial charge on any atom is 0.312 e. The smallest absolute Gasteiger partial charge is 0.312 e. The molecule has 0 N–H and O–H groups in total. The molecule has 0 aromatic heterocycles.